The van der Waals surface area contributed by atoms with E-state index in [1.54, 1.807) is 13.8 Å². The van der Waals surface area contributed by atoms with E-state index in [1.165, 1.54) is 31.1 Å². The summed E-state index contributed by atoms with van der Waals surface area (Å²) in [5.41, 5.74) is 0.0463. The van der Waals surface area contributed by atoms with E-state index in [-0.39, 0.29) is 21.4 Å². The highest BCUT2D eigenvalue weighted by molar-refractivity contribution is 7.89. The Bertz CT molecular complexity index is 717. The second kappa shape index (κ2) is 8.46. The SMILES string of the molecule is CCN(CC)C(=O)[C@@H](C)NS(=O)(=O)c1cc(C(=O)OC)ccc1Cl. The van der Waals surface area contributed by atoms with Gasteiger partial charge in [-0.3, -0.25) is 4.79 Å². The number of amides is 1. The lowest BCUT2D eigenvalue weighted by molar-refractivity contribution is -0.132. The van der Waals surface area contributed by atoms with Crippen molar-refractivity contribution in [2.45, 2.75) is 31.7 Å². The van der Waals surface area contributed by atoms with Gasteiger partial charge in [0.15, 0.2) is 0 Å². The molecule has 7 nitrogen and oxygen atoms in total. The van der Waals surface area contributed by atoms with Gasteiger partial charge in [0, 0.05) is 13.1 Å². The summed E-state index contributed by atoms with van der Waals surface area (Å²) in [6.07, 6.45) is 0. The zero-order valence-corrected chi connectivity index (χ0v) is 15.6. The Kier molecular flexibility index (Phi) is 7.19. The average Bonchev–Trinajstić information content (AvgIpc) is 2.54. The van der Waals surface area contributed by atoms with E-state index in [2.05, 4.69) is 9.46 Å². The van der Waals surface area contributed by atoms with E-state index in [0.29, 0.717) is 13.1 Å². The van der Waals surface area contributed by atoms with E-state index < -0.39 is 22.0 Å². The number of carbonyl (C=O) groups excluding carboxylic acids is 2. The predicted molar refractivity (Wildman–Crippen MR) is 90.5 cm³/mol. The second-order valence-corrected chi connectivity index (χ2v) is 7.08. The Labute approximate surface area is 147 Å². The molecule has 0 aromatic heterocycles. The van der Waals surface area contributed by atoms with Crippen LogP contribution in [0.15, 0.2) is 23.1 Å². The smallest absolute Gasteiger partial charge is 0.337 e. The van der Waals surface area contributed by atoms with Gasteiger partial charge in [0.05, 0.1) is 23.7 Å². The van der Waals surface area contributed by atoms with Crippen LogP contribution in [0, 0.1) is 0 Å². The van der Waals surface area contributed by atoms with Gasteiger partial charge in [0.2, 0.25) is 15.9 Å². The molecule has 9 heteroatoms. The zero-order valence-electron chi connectivity index (χ0n) is 14.0. The molecular formula is C15H21ClN2O5S. The molecule has 0 saturated heterocycles. The van der Waals surface area contributed by atoms with Crippen molar-refractivity contribution in [1.29, 1.82) is 0 Å². The molecule has 0 aliphatic carbocycles. The molecule has 1 rings (SSSR count). The van der Waals surface area contributed by atoms with Crippen LogP contribution < -0.4 is 4.72 Å². The number of halogens is 1. The molecule has 0 radical (unpaired) electrons. The molecule has 0 bridgehead atoms. The molecule has 0 aliphatic rings. The highest BCUT2D eigenvalue weighted by Gasteiger charge is 2.27. The van der Waals surface area contributed by atoms with Gasteiger partial charge >= 0.3 is 5.97 Å². The molecule has 1 atom stereocenters. The number of carbonyl (C=O) groups is 2. The lowest BCUT2D eigenvalue weighted by atomic mass is 10.2. The second-order valence-electron chi connectivity index (χ2n) is 4.99. The number of nitrogens with zero attached hydrogens (tertiary/aromatic N) is 1. The Morgan fingerprint density at radius 3 is 2.38 bits per heavy atom. The van der Waals surface area contributed by atoms with Gasteiger partial charge in [-0.25, -0.2) is 13.2 Å². The first-order valence-electron chi connectivity index (χ1n) is 7.36. The standard InChI is InChI=1S/C15H21ClN2O5S/c1-5-18(6-2)14(19)10(3)17-24(21,22)13-9-11(15(20)23-4)7-8-12(13)16/h7-10,17H,5-6H2,1-4H3/t10-/m1/s1. The summed E-state index contributed by atoms with van der Waals surface area (Å²) in [5.74, 6) is -1.03. The molecule has 0 fully saturated rings. The maximum atomic E-state index is 12.5. The number of benzene rings is 1. The normalized spacial score (nSPS) is 12.5. The van der Waals surface area contributed by atoms with Gasteiger partial charge in [-0.05, 0) is 39.0 Å². The minimum atomic E-state index is -4.09. The first-order chi connectivity index (χ1) is 11.2. The lowest BCUT2D eigenvalue weighted by Crippen LogP contribution is -2.46. The van der Waals surface area contributed by atoms with Crippen molar-refractivity contribution < 1.29 is 22.7 Å². The maximum Gasteiger partial charge on any atom is 0.337 e. The van der Waals surface area contributed by atoms with Crippen LogP contribution in [0.4, 0.5) is 0 Å². The molecule has 1 aromatic carbocycles. The number of sulfonamides is 1. The first kappa shape index (κ1) is 20.4. The molecule has 0 heterocycles. The molecular weight excluding hydrogens is 356 g/mol. The van der Waals surface area contributed by atoms with E-state index >= 15 is 0 Å². The summed E-state index contributed by atoms with van der Waals surface area (Å²) in [6.45, 7) is 6.01. The fourth-order valence-electron chi connectivity index (χ4n) is 2.11. The van der Waals surface area contributed by atoms with E-state index in [1.807, 2.05) is 0 Å². The van der Waals surface area contributed by atoms with Gasteiger partial charge in [-0.1, -0.05) is 11.6 Å². The molecule has 1 N–H and O–H groups in total. The number of ether oxygens (including phenoxy) is 1. The third-order valence-corrected chi connectivity index (χ3v) is 5.44. The molecule has 0 aliphatic heterocycles. The van der Waals surface area contributed by atoms with Crippen LogP contribution in [-0.4, -0.2) is 51.4 Å². The highest BCUT2D eigenvalue weighted by atomic mass is 35.5. The van der Waals surface area contributed by atoms with Gasteiger partial charge < -0.3 is 9.64 Å². The largest absolute Gasteiger partial charge is 0.465 e. The third kappa shape index (κ3) is 4.68. The fourth-order valence-corrected chi connectivity index (χ4v) is 3.83. The Hall–Kier alpha value is -1.64. The zero-order chi connectivity index (χ0) is 18.5. The molecule has 0 saturated carbocycles. The Balaban J connectivity index is 3.12. The quantitative estimate of drug-likeness (QED) is 0.730. The first-order valence-corrected chi connectivity index (χ1v) is 9.23. The fraction of sp³-hybridized carbons (Fsp3) is 0.467. The van der Waals surface area contributed by atoms with Gasteiger partial charge in [-0.15, -0.1) is 0 Å². The van der Waals surface area contributed by atoms with E-state index in [9.17, 15) is 18.0 Å². The van der Waals surface area contributed by atoms with Crippen LogP contribution in [-0.2, 0) is 19.6 Å². The third-order valence-electron chi connectivity index (χ3n) is 3.42. The van der Waals surface area contributed by atoms with Crippen molar-refractivity contribution in [3.05, 3.63) is 28.8 Å². The molecule has 134 valence electrons. The Morgan fingerprint density at radius 2 is 1.88 bits per heavy atom. The van der Waals surface area contributed by atoms with Crippen molar-refractivity contribution in [1.82, 2.24) is 9.62 Å². The van der Waals surface area contributed by atoms with Crippen molar-refractivity contribution in [2.24, 2.45) is 0 Å². The highest BCUT2D eigenvalue weighted by Crippen LogP contribution is 2.23. The van der Waals surface area contributed by atoms with Crippen LogP contribution in [0.3, 0.4) is 0 Å². The number of nitrogens with one attached hydrogen (secondary N) is 1. The predicted octanol–water partition coefficient (Wildman–Crippen LogP) is 1.66. The number of esters is 1. The summed E-state index contributed by atoms with van der Waals surface area (Å²) >= 11 is 5.94. The minimum Gasteiger partial charge on any atom is -0.465 e. The molecule has 0 unspecified atom stereocenters. The van der Waals surface area contributed by atoms with Crippen LogP contribution in [0.25, 0.3) is 0 Å². The van der Waals surface area contributed by atoms with E-state index in [0.717, 1.165) is 6.07 Å². The van der Waals surface area contributed by atoms with Gasteiger partial charge in [0.1, 0.15) is 4.90 Å². The molecule has 24 heavy (non-hydrogen) atoms. The summed E-state index contributed by atoms with van der Waals surface area (Å²) < 4.78 is 31.9. The number of rotatable bonds is 7. The monoisotopic (exact) mass is 376 g/mol. The molecule has 0 spiro atoms. The minimum absolute atomic E-state index is 0.0463. The van der Waals surface area contributed by atoms with Crippen LogP contribution in [0.1, 0.15) is 31.1 Å². The number of likely N-dealkylation sites (N-methyl/N-ethyl adjacent to an activating group) is 1. The summed E-state index contributed by atoms with van der Waals surface area (Å²) in [5, 5.41) is -0.0577. The van der Waals surface area contributed by atoms with Gasteiger partial charge in [0.25, 0.3) is 0 Å². The Morgan fingerprint density at radius 1 is 1.29 bits per heavy atom. The van der Waals surface area contributed by atoms with Crippen molar-refractivity contribution in [3.63, 3.8) is 0 Å². The van der Waals surface area contributed by atoms with E-state index in [4.69, 9.17) is 11.6 Å². The number of hydrogen-bond acceptors (Lipinski definition) is 5. The number of hydrogen-bond donors (Lipinski definition) is 1. The molecule has 1 aromatic rings. The molecule has 1 amide bonds. The summed E-state index contributed by atoms with van der Waals surface area (Å²) in [7, 11) is -2.90. The van der Waals surface area contributed by atoms with Crippen LogP contribution in [0.2, 0.25) is 5.02 Å². The maximum absolute atomic E-state index is 12.5. The van der Waals surface area contributed by atoms with Gasteiger partial charge in [-0.2, -0.15) is 4.72 Å². The average molecular weight is 377 g/mol. The summed E-state index contributed by atoms with van der Waals surface area (Å²) in [6, 6.07) is 2.80. The van der Waals surface area contributed by atoms with Crippen molar-refractivity contribution in [2.75, 3.05) is 20.2 Å². The van der Waals surface area contributed by atoms with Crippen LogP contribution >= 0.6 is 11.6 Å². The van der Waals surface area contributed by atoms with Crippen molar-refractivity contribution in [3.8, 4) is 0 Å². The number of methoxy groups -OCH3 is 1. The topological polar surface area (TPSA) is 92.8 Å². The lowest BCUT2D eigenvalue weighted by Gasteiger charge is -2.23. The summed E-state index contributed by atoms with van der Waals surface area (Å²) in [4.78, 5) is 25.0. The van der Waals surface area contributed by atoms with Crippen LogP contribution in [0.5, 0.6) is 0 Å². The van der Waals surface area contributed by atoms with Crippen molar-refractivity contribution >= 4 is 33.5 Å².